The second-order valence-electron chi connectivity index (χ2n) is 5.65. The van der Waals surface area contributed by atoms with E-state index in [1.807, 2.05) is 24.3 Å². The summed E-state index contributed by atoms with van der Waals surface area (Å²) in [5, 5.41) is 16.1. The second-order valence-corrected chi connectivity index (χ2v) is 6.09. The van der Waals surface area contributed by atoms with E-state index in [2.05, 4.69) is 17.0 Å². The monoisotopic (exact) mass is 291 g/mol. The number of benzene rings is 1. The van der Waals surface area contributed by atoms with Gasteiger partial charge in [-0.3, -0.25) is 0 Å². The molecule has 0 bridgehead atoms. The van der Waals surface area contributed by atoms with Gasteiger partial charge in [-0.2, -0.15) is 5.10 Å². The maximum atomic E-state index is 11.3. The Morgan fingerprint density at radius 2 is 2.10 bits per heavy atom. The van der Waals surface area contributed by atoms with E-state index in [0.717, 1.165) is 5.56 Å². The third kappa shape index (κ3) is 2.58. The lowest BCUT2D eigenvalue weighted by Gasteiger charge is -2.35. The summed E-state index contributed by atoms with van der Waals surface area (Å²) in [6.45, 7) is 2.52. The number of nitrogens with zero attached hydrogens (tertiary/aromatic N) is 3. The molecule has 0 spiro atoms. The third-order valence-corrected chi connectivity index (χ3v) is 4.55. The predicted molar refractivity (Wildman–Crippen MR) is 77.3 cm³/mol. The predicted octanol–water partition coefficient (Wildman–Crippen LogP) is 2.87. The van der Waals surface area contributed by atoms with E-state index in [-0.39, 0.29) is 5.92 Å². The van der Waals surface area contributed by atoms with E-state index >= 15 is 0 Å². The van der Waals surface area contributed by atoms with Crippen molar-refractivity contribution in [3.8, 4) is 0 Å². The zero-order chi connectivity index (χ0) is 14.2. The van der Waals surface area contributed by atoms with Crippen molar-refractivity contribution in [2.75, 3.05) is 0 Å². The molecule has 2 atom stereocenters. The van der Waals surface area contributed by atoms with Crippen LogP contribution in [-0.2, 0) is 12.1 Å². The van der Waals surface area contributed by atoms with Crippen LogP contribution < -0.4 is 0 Å². The molecule has 2 aromatic rings. The van der Waals surface area contributed by atoms with Crippen molar-refractivity contribution in [1.82, 2.24) is 14.8 Å². The van der Waals surface area contributed by atoms with Crippen molar-refractivity contribution < 1.29 is 5.11 Å². The van der Waals surface area contributed by atoms with E-state index in [9.17, 15) is 5.11 Å². The molecule has 5 heteroatoms. The van der Waals surface area contributed by atoms with Crippen LogP contribution in [0.4, 0.5) is 0 Å². The molecule has 1 N–H and O–H groups in total. The highest BCUT2D eigenvalue weighted by Gasteiger charge is 2.44. The average molecular weight is 292 g/mol. The van der Waals surface area contributed by atoms with Gasteiger partial charge in [0.2, 0.25) is 0 Å². The molecule has 3 rings (SSSR count). The third-order valence-electron chi connectivity index (χ3n) is 4.30. The Balaban J connectivity index is 1.95. The van der Waals surface area contributed by atoms with Gasteiger partial charge in [0, 0.05) is 5.02 Å². The van der Waals surface area contributed by atoms with Crippen LogP contribution in [0.2, 0.25) is 5.02 Å². The smallest absolute Gasteiger partial charge is 0.137 e. The summed E-state index contributed by atoms with van der Waals surface area (Å²) in [5.41, 5.74) is -0.0591. The Hall–Kier alpha value is -1.39. The molecule has 1 unspecified atom stereocenters. The average Bonchev–Trinajstić information content (AvgIpc) is 3.17. The van der Waals surface area contributed by atoms with Crippen molar-refractivity contribution in [1.29, 1.82) is 0 Å². The number of aromatic nitrogens is 3. The highest BCUT2D eigenvalue weighted by Crippen LogP contribution is 2.46. The summed E-state index contributed by atoms with van der Waals surface area (Å²) >= 11 is 5.95. The maximum Gasteiger partial charge on any atom is 0.137 e. The molecular formula is C15H18ClN3O. The Kier molecular flexibility index (Phi) is 3.52. The highest BCUT2D eigenvalue weighted by atomic mass is 35.5. The van der Waals surface area contributed by atoms with Crippen LogP contribution in [0.5, 0.6) is 0 Å². The van der Waals surface area contributed by atoms with Gasteiger partial charge in [0.1, 0.15) is 18.3 Å². The quantitative estimate of drug-likeness (QED) is 0.921. The van der Waals surface area contributed by atoms with Gasteiger partial charge in [-0.05, 0) is 42.4 Å². The highest BCUT2D eigenvalue weighted by molar-refractivity contribution is 6.30. The number of rotatable bonds is 5. The minimum atomic E-state index is -0.945. The second kappa shape index (κ2) is 5.19. The topological polar surface area (TPSA) is 50.9 Å². The van der Waals surface area contributed by atoms with Crippen LogP contribution in [-0.4, -0.2) is 19.9 Å². The van der Waals surface area contributed by atoms with Gasteiger partial charge in [-0.25, -0.2) is 9.67 Å². The number of hydrogen-bond acceptors (Lipinski definition) is 3. The Bertz CT molecular complexity index is 565. The first-order chi connectivity index (χ1) is 9.59. The fourth-order valence-corrected chi connectivity index (χ4v) is 2.91. The van der Waals surface area contributed by atoms with Crippen LogP contribution in [0.25, 0.3) is 0 Å². The molecule has 1 saturated carbocycles. The Labute approximate surface area is 123 Å². The molecule has 1 aromatic heterocycles. The molecule has 1 heterocycles. The van der Waals surface area contributed by atoms with E-state index in [4.69, 9.17) is 11.6 Å². The minimum absolute atomic E-state index is 0.174. The van der Waals surface area contributed by atoms with Crippen molar-refractivity contribution in [2.45, 2.75) is 31.9 Å². The van der Waals surface area contributed by atoms with E-state index < -0.39 is 5.60 Å². The number of halogens is 1. The van der Waals surface area contributed by atoms with Gasteiger partial charge >= 0.3 is 0 Å². The first kappa shape index (κ1) is 13.6. The summed E-state index contributed by atoms with van der Waals surface area (Å²) < 4.78 is 1.69. The molecule has 0 radical (unpaired) electrons. The normalized spacial score (nSPS) is 19.6. The molecule has 0 saturated heterocycles. The molecule has 20 heavy (non-hydrogen) atoms. The summed E-state index contributed by atoms with van der Waals surface area (Å²) in [4.78, 5) is 3.95. The molecule has 1 fully saturated rings. The first-order valence-electron chi connectivity index (χ1n) is 6.90. The largest absolute Gasteiger partial charge is 0.383 e. The van der Waals surface area contributed by atoms with Crippen molar-refractivity contribution in [3.63, 3.8) is 0 Å². The summed E-state index contributed by atoms with van der Waals surface area (Å²) in [7, 11) is 0. The molecule has 0 aliphatic heterocycles. The lowest BCUT2D eigenvalue weighted by molar-refractivity contribution is -0.0442. The molecule has 0 amide bonds. The van der Waals surface area contributed by atoms with Crippen LogP contribution in [0.15, 0.2) is 36.9 Å². The van der Waals surface area contributed by atoms with Crippen LogP contribution in [0.1, 0.15) is 25.3 Å². The standard InChI is InChI=1S/C15H18ClN3O/c1-11(12-2-3-12)15(20,8-19-10-17-9-18-19)13-4-6-14(16)7-5-13/h4-7,9-12,20H,2-3,8H2,1H3/t11?,15-/m0/s1. The van der Waals surface area contributed by atoms with Gasteiger partial charge in [0.15, 0.2) is 0 Å². The van der Waals surface area contributed by atoms with Crippen molar-refractivity contribution >= 4 is 11.6 Å². The van der Waals surface area contributed by atoms with Crippen LogP contribution in [0.3, 0.4) is 0 Å². The molecule has 1 aliphatic carbocycles. The zero-order valence-electron chi connectivity index (χ0n) is 11.4. The van der Waals surface area contributed by atoms with E-state index in [0.29, 0.717) is 17.5 Å². The number of aliphatic hydroxyl groups is 1. The summed E-state index contributed by atoms with van der Waals surface area (Å²) in [6, 6.07) is 7.45. The number of hydrogen-bond donors (Lipinski definition) is 1. The first-order valence-corrected chi connectivity index (χ1v) is 7.28. The van der Waals surface area contributed by atoms with E-state index in [1.54, 1.807) is 11.0 Å². The fraction of sp³-hybridized carbons (Fsp3) is 0.467. The molecule has 1 aromatic carbocycles. The van der Waals surface area contributed by atoms with Crippen molar-refractivity contribution in [3.05, 3.63) is 47.5 Å². The summed E-state index contributed by atoms with van der Waals surface area (Å²) in [5.74, 6) is 0.757. The van der Waals surface area contributed by atoms with Gasteiger partial charge < -0.3 is 5.11 Å². The minimum Gasteiger partial charge on any atom is -0.383 e. The molecular weight excluding hydrogens is 274 g/mol. The van der Waals surface area contributed by atoms with E-state index in [1.165, 1.54) is 19.2 Å². The van der Waals surface area contributed by atoms with Crippen LogP contribution in [0, 0.1) is 11.8 Å². The Morgan fingerprint density at radius 1 is 1.40 bits per heavy atom. The lowest BCUT2D eigenvalue weighted by Crippen LogP contribution is -2.39. The Morgan fingerprint density at radius 3 is 2.65 bits per heavy atom. The molecule has 1 aliphatic rings. The van der Waals surface area contributed by atoms with Gasteiger partial charge in [-0.15, -0.1) is 0 Å². The van der Waals surface area contributed by atoms with Crippen molar-refractivity contribution in [2.24, 2.45) is 11.8 Å². The maximum absolute atomic E-state index is 11.3. The lowest BCUT2D eigenvalue weighted by atomic mass is 9.79. The van der Waals surface area contributed by atoms with Gasteiger partial charge in [0.05, 0.1) is 6.54 Å². The zero-order valence-corrected chi connectivity index (χ0v) is 12.2. The summed E-state index contributed by atoms with van der Waals surface area (Å²) in [6.07, 6.45) is 5.51. The van der Waals surface area contributed by atoms with Crippen LogP contribution >= 0.6 is 11.6 Å². The SMILES string of the molecule is CC(C1CC1)[C@@](O)(Cn1cncn1)c1ccc(Cl)cc1. The molecule has 106 valence electrons. The van der Waals surface area contributed by atoms with Gasteiger partial charge in [-0.1, -0.05) is 30.7 Å². The van der Waals surface area contributed by atoms with Gasteiger partial charge in [0.25, 0.3) is 0 Å². The molecule has 4 nitrogen and oxygen atoms in total. The fourth-order valence-electron chi connectivity index (χ4n) is 2.78.